The van der Waals surface area contributed by atoms with Gasteiger partial charge in [-0.1, -0.05) is 18.2 Å². The number of nitrogens with zero attached hydrogens (tertiary/aromatic N) is 1. The summed E-state index contributed by atoms with van der Waals surface area (Å²) >= 11 is 0. The third-order valence-electron chi connectivity index (χ3n) is 4.32. The molecule has 3 nitrogen and oxygen atoms in total. The van der Waals surface area contributed by atoms with E-state index in [-0.39, 0.29) is 0 Å². The lowest BCUT2D eigenvalue weighted by Crippen LogP contribution is -2.39. The van der Waals surface area contributed by atoms with Crippen LogP contribution in [0.4, 0.5) is 5.69 Å². The van der Waals surface area contributed by atoms with Crippen LogP contribution < -0.4 is 10.2 Å². The normalized spacial score (nSPS) is 21.1. The van der Waals surface area contributed by atoms with Crippen molar-refractivity contribution in [1.29, 1.82) is 0 Å². The molecule has 0 unspecified atom stereocenters. The fourth-order valence-corrected chi connectivity index (χ4v) is 3.21. The summed E-state index contributed by atoms with van der Waals surface area (Å²) in [4.78, 5) is 14.4. The number of fused-ring (bicyclic) bond motifs is 1. The maximum atomic E-state index is 12.4. The summed E-state index contributed by atoms with van der Waals surface area (Å²) in [5.41, 5.74) is 2.49. The number of benzene rings is 1. The van der Waals surface area contributed by atoms with Gasteiger partial charge in [-0.05, 0) is 56.3 Å². The molecule has 1 amide bonds. The second kappa shape index (κ2) is 5.74. The van der Waals surface area contributed by atoms with Crippen LogP contribution in [-0.4, -0.2) is 25.5 Å². The number of aryl methyl sites for hydroxylation is 1. The fourth-order valence-electron chi connectivity index (χ4n) is 3.21. The third kappa shape index (κ3) is 2.81. The molecule has 1 N–H and O–H groups in total. The van der Waals surface area contributed by atoms with Crippen molar-refractivity contribution >= 4 is 11.6 Å². The first-order valence-electron chi connectivity index (χ1n) is 7.43. The van der Waals surface area contributed by atoms with Crippen molar-refractivity contribution in [1.82, 2.24) is 5.32 Å². The Kier molecular flexibility index (Phi) is 3.83. The molecule has 0 aliphatic carbocycles. The first kappa shape index (κ1) is 12.7. The van der Waals surface area contributed by atoms with Gasteiger partial charge in [0.1, 0.15) is 0 Å². The van der Waals surface area contributed by atoms with Crippen molar-refractivity contribution in [2.45, 2.75) is 32.1 Å². The molecule has 3 rings (SSSR count). The summed E-state index contributed by atoms with van der Waals surface area (Å²) in [6, 6.07) is 8.41. The molecule has 0 spiro atoms. The van der Waals surface area contributed by atoms with Crippen LogP contribution in [0.1, 0.15) is 31.2 Å². The Bertz CT molecular complexity index is 452. The molecule has 1 saturated heterocycles. The second-order valence-electron chi connectivity index (χ2n) is 5.68. The third-order valence-corrected chi connectivity index (χ3v) is 4.32. The zero-order chi connectivity index (χ0) is 13.1. The number of anilines is 1. The number of hydrogen-bond donors (Lipinski definition) is 1. The van der Waals surface area contributed by atoms with Crippen LogP contribution in [0.5, 0.6) is 0 Å². The van der Waals surface area contributed by atoms with Crippen molar-refractivity contribution in [3.05, 3.63) is 29.8 Å². The quantitative estimate of drug-likeness (QED) is 0.883. The van der Waals surface area contributed by atoms with Gasteiger partial charge in [-0.25, -0.2) is 0 Å². The summed E-state index contributed by atoms with van der Waals surface area (Å²) in [7, 11) is 0. The molecule has 1 fully saturated rings. The van der Waals surface area contributed by atoms with E-state index in [1.165, 1.54) is 18.4 Å². The molecule has 0 bridgehead atoms. The van der Waals surface area contributed by atoms with Crippen LogP contribution in [0.2, 0.25) is 0 Å². The molecule has 19 heavy (non-hydrogen) atoms. The van der Waals surface area contributed by atoms with Gasteiger partial charge < -0.3 is 10.2 Å². The average molecular weight is 258 g/mol. The molecule has 2 aliphatic heterocycles. The Morgan fingerprint density at radius 3 is 2.79 bits per heavy atom. The maximum absolute atomic E-state index is 12.4. The highest BCUT2D eigenvalue weighted by molar-refractivity contribution is 5.94. The Morgan fingerprint density at radius 2 is 1.95 bits per heavy atom. The van der Waals surface area contributed by atoms with E-state index in [4.69, 9.17) is 0 Å². The molecular formula is C16H22N2O. The topological polar surface area (TPSA) is 32.3 Å². The van der Waals surface area contributed by atoms with Crippen LogP contribution in [-0.2, 0) is 11.2 Å². The lowest BCUT2D eigenvalue weighted by Gasteiger charge is -2.30. The minimum absolute atomic E-state index is 0.309. The number of hydrogen-bond acceptors (Lipinski definition) is 2. The van der Waals surface area contributed by atoms with E-state index in [0.717, 1.165) is 38.2 Å². The van der Waals surface area contributed by atoms with Gasteiger partial charge in [-0.2, -0.15) is 0 Å². The zero-order valence-corrected chi connectivity index (χ0v) is 11.4. The lowest BCUT2D eigenvalue weighted by molar-refractivity contribution is -0.118. The van der Waals surface area contributed by atoms with E-state index in [9.17, 15) is 4.79 Å². The smallest absolute Gasteiger partial charge is 0.227 e. The van der Waals surface area contributed by atoms with Gasteiger partial charge >= 0.3 is 0 Å². The number of carbonyl (C=O) groups is 1. The Balaban J connectivity index is 1.82. The fraction of sp³-hybridized carbons (Fsp3) is 0.562. The van der Waals surface area contributed by atoms with E-state index in [1.807, 2.05) is 6.07 Å². The molecule has 102 valence electrons. The van der Waals surface area contributed by atoms with Crippen LogP contribution in [0, 0.1) is 5.92 Å². The molecular weight excluding hydrogens is 236 g/mol. The molecule has 1 aromatic rings. The minimum Gasteiger partial charge on any atom is -0.317 e. The van der Waals surface area contributed by atoms with E-state index in [1.54, 1.807) is 0 Å². The number of rotatable bonds is 2. The van der Waals surface area contributed by atoms with E-state index in [2.05, 4.69) is 28.4 Å². The molecule has 0 aromatic heterocycles. The van der Waals surface area contributed by atoms with Gasteiger partial charge in [-0.15, -0.1) is 0 Å². The van der Waals surface area contributed by atoms with Gasteiger partial charge in [-0.3, -0.25) is 4.79 Å². The van der Waals surface area contributed by atoms with Crippen molar-refractivity contribution in [2.75, 3.05) is 24.5 Å². The van der Waals surface area contributed by atoms with Crippen molar-refractivity contribution in [3.63, 3.8) is 0 Å². The summed E-state index contributed by atoms with van der Waals surface area (Å²) in [5.74, 6) is 0.958. The highest BCUT2D eigenvalue weighted by Crippen LogP contribution is 2.28. The first-order valence-corrected chi connectivity index (χ1v) is 7.43. The number of amides is 1. The molecule has 0 atom stereocenters. The monoisotopic (exact) mass is 258 g/mol. The van der Waals surface area contributed by atoms with Crippen molar-refractivity contribution in [3.8, 4) is 0 Å². The predicted octanol–water partition coefficient (Wildman–Crippen LogP) is 2.36. The number of piperidine rings is 1. The van der Waals surface area contributed by atoms with E-state index in [0.29, 0.717) is 18.2 Å². The van der Waals surface area contributed by atoms with Gasteiger partial charge in [0.25, 0.3) is 0 Å². The number of para-hydroxylation sites is 1. The maximum Gasteiger partial charge on any atom is 0.227 e. The van der Waals surface area contributed by atoms with Gasteiger partial charge in [0.05, 0.1) is 0 Å². The standard InChI is InChI=1S/C16H22N2O/c19-16-7-3-5-14-4-1-2-6-15(14)18(16)12-13-8-10-17-11-9-13/h1-2,4,6,13,17H,3,5,7-12H2. The molecule has 2 aliphatic rings. The first-order chi connectivity index (χ1) is 9.34. The second-order valence-corrected chi connectivity index (χ2v) is 5.68. The molecule has 1 aromatic carbocycles. The van der Waals surface area contributed by atoms with Crippen LogP contribution >= 0.6 is 0 Å². The highest BCUT2D eigenvalue weighted by Gasteiger charge is 2.25. The Labute approximate surface area is 115 Å². The molecule has 0 saturated carbocycles. The SMILES string of the molecule is O=C1CCCc2ccccc2N1CC1CCNCC1. The van der Waals surface area contributed by atoms with Crippen LogP contribution in [0.15, 0.2) is 24.3 Å². The zero-order valence-electron chi connectivity index (χ0n) is 11.4. The highest BCUT2D eigenvalue weighted by atomic mass is 16.2. The van der Waals surface area contributed by atoms with Crippen LogP contribution in [0.25, 0.3) is 0 Å². The minimum atomic E-state index is 0.309. The van der Waals surface area contributed by atoms with Crippen molar-refractivity contribution < 1.29 is 4.79 Å². The number of carbonyl (C=O) groups excluding carboxylic acids is 1. The summed E-state index contributed by atoms with van der Waals surface area (Å²) in [5, 5.41) is 3.39. The molecule has 3 heteroatoms. The predicted molar refractivity (Wildman–Crippen MR) is 77.3 cm³/mol. The Morgan fingerprint density at radius 1 is 1.16 bits per heavy atom. The molecule has 2 heterocycles. The van der Waals surface area contributed by atoms with Gasteiger partial charge in [0.2, 0.25) is 5.91 Å². The average Bonchev–Trinajstić information content (AvgIpc) is 2.61. The Hall–Kier alpha value is -1.35. The van der Waals surface area contributed by atoms with E-state index < -0.39 is 0 Å². The largest absolute Gasteiger partial charge is 0.317 e. The summed E-state index contributed by atoms with van der Waals surface area (Å²) < 4.78 is 0. The van der Waals surface area contributed by atoms with Gasteiger partial charge in [0, 0.05) is 18.7 Å². The summed E-state index contributed by atoms with van der Waals surface area (Å²) in [6.07, 6.45) is 5.08. The van der Waals surface area contributed by atoms with E-state index >= 15 is 0 Å². The van der Waals surface area contributed by atoms with Gasteiger partial charge in [0.15, 0.2) is 0 Å². The molecule has 0 radical (unpaired) electrons. The number of nitrogens with one attached hydrogen (secondary N) is 1. The van der Waals surface area contributed by atoms with Crippen molar-refractivity contribution in [2.24, 2.45) is 5.92 Å². The lowest BCUT2D eigenvalue weighted by atomic mass is 9.97. The summed E-state index contributed by atoms with van der Waals surface area (Å²) in [6.45, 7) is 3.08. The van der Waals surface area contributed by atoms with Crippen LogP contribution in [0.3, 0.4) is 0 Å².